The van der Waals surface area contributed by atoms with Crippen LogP contribution >= 0.6 is 0 Å². The SMILES string of the molecule is CC1(C)[C@H]2CC=C(COC[C@@H](O)CN3CCC(N[C@H]4CCS(=O)(=O)C4)CC3)[C@H]1C2. The van der Waals surface area contributed by atoms with Gasteiger partial charge in [-0.2, -0.15) is 0 Å². The predicted molar refractivity (Wildman–Crippen MR) is 115 cm³/mol. The molecule has 7 heteroatoms. The van der Waals surface area contributed by atoms with Crippen LogP contribution in [0.15, 0.2) is 11.6 Å². The van der Waals surface area contributed by atoms with Crippen LogP contribution in [0.25, 0.3) is 0 Å². The van der Waals surface area contributed by atoms with Crippen LogP contribution in [0.3, 0.4) is 0 Å². The number of fused-ring (bicyclic) bond motifs is 1. The number of allylic oxidation sites excluding steroid dienone is 1. The number of likely N-dealkylation sites (tertiary alicyclic amines) is 1. The van der Waals surface area contributed by atoms with Gasteiger partial charge in [0.1, 0.15) is 0 Å². The fourth-order valence-electron chi connectivity index (χ4n) is 5.85. The van der Waals surface area contributed by atoms with Gasteiger partial charge in [-0.3, -0.25) is 0 Å². The highest BCUT2D eigenvalue weighted by molar-refractivity contribution is 7.91. The third kappa shape index (κ3) is 5.06. The van der Waals surface area contributed by atoms with Crippen LogP contribution in [0.5, 0.6) is 0 Å². The summed E-state index contributed by atoms with van der Waals surface area (Å²) in [7, 11) is -2.82. The first-order valence-corrected chi connectivity index (χ1v) is 13.2. The van der Waals surface area contributed by atoms with Gasteiger partial charge >= 0.3 is 0 Å². The number of nitrogens with zero attached hydrogens (tertiary/aromatic N) is 1. The lowest BCUT2D eigenvalue weighted by Gasteiger charge is -2.56. The van der Waals surface area contributed by atoms with E-state index >= 15 is 0 Å². The molecule has 0 unspecified atom stereocenters. The molecule has 29 heavy (non-hydrogen) atoms. The van der Waals surface area contributed by atoms with Crippen molar-refractivity contribution >= 4 is 9.84 Å². The number of aliphatic hydroxyl groups is 1. The lowest BCUT2D eigenvalue weighted by atomic mass is 9.49. The maximum Gasteiger partial charge on any atom is 0.151 e. The van der Waals surface area contributed by atoms with Crippen LogP contribution in [0.4, 0.5) is 0 Å². The van der Waals surface area contributed by atoms with Crippen LogP contribution < -0.4 is 5.32 Å². The van der Waals surface area contributed by atoms with Gasteiger partial charge in [-0.15, -0.1) is 0 Å². The normalized spacial score (nSPS) is 35.1. The summed E-state index contributed by atoms with van der Waals surface area (Å²) in [6.45, 7) is 8.34. The molecule has 6 nitrogen and oxygen atoms in total. The van der Waals surface area contributed by atoms with Gasteiger partial charge in [0, 0.05) is 18.6 Å². The quantitative estimate of drug-likeness (QED) is 0.574. The van der Waals surface area contributed by atoms with E-state index in [1.54, 1.807) is 0 Å². The first kappa shape index (κ1) is 21.8. The Labute approximate surface area is 176 Å². The van der Waals surface area contributed by atoms with Crippen molar-refractivity contribution in [2.45, 2.75) is 64.1 Å². The van der Waals surface area contributed by atoms with E-state index in [4.69, 9.17) is 4.74 Å². The van der Waals surface area contributed by atoms with E-state index in [2.05, 4.69) is 30.1 Å². The summed E-state index contributed by atoms with van der Waals surface area (Å²) >= 11 is 0. The van der Waals surface area contributed by atoms with Gasteiger partial charge in [0.25, 0.3) is 0 Å². The Hall–Kier alpha value is -0.470. The van der Waals surface area contributed by atoms with Crippen molar-refractivity contribution in [2.75, 3.05) is 44.4 Å². The molecule has 4 atom stereocenters. The molecule has 2 heterocycles. The molecular weight excluding hydrogens is 388 g/mol. The van der Waals surface area contributed by atoms with E-state index in [9.17, 15) is 13.5 Å². The summed E-state index contributed by atoms with van der Waals surface area (Å²) < 4.78 is 29.1. The maximum atomic E-state index is 11.6. The Kier molecular flexibility index (Phi) is 6.43. The summed E-state index contributed by atoms with van der Waals surface area (Å²) in [5, 5.41) is 13.9. The van der Waals surface area contributed by atoms with E-state index < -0.39 is 15.9 Å². The number of β-amino-alcohol motifs (C(OH)–C–C–N with tert-alkyl or cyclic N) is 1. The number of aliphatic hydroxyl groups excluding tert-OH is 1. The average Bonchev–Trinajstić information content (AvgIpc) is 3.01. The van der Waals surface area contributed by atoms with E-state index in [0.29, 0.717) is 48.6 Å². The molecule has 2 aliphatic heterocycles. The van der Waals surface area contributed by atoms with Gasteiger partial charge in [-0.05, 0) is 68.0 Å². The van der Waals surface area contributed by atoms with Crippen molar-refractivity contribution in [3.8, 4) is 0 Å². The van der Waals surface area contributed by atoms with Crippen molar-refractivity contribution in [3.05, 3.63) is 11.6 Å². The summed E-state index contributed by atoms with van der Waals surface area (Å²) in [4.78, 5) is 2.30. The number of piperidine rings is 1. The zero-order valence-corrected chi connectivity index (χ0v) is 18.8. The van der Waals surface area contributed by atoms with Gasteiger partial charge in [-0.25, -0.2) is 8.42 Å². The molecule has 3 aliphatic carbocycles. The zero-order valence-electron chi connectivity index (χ0n) is 18.0. The molecule has 1 saturated carbocycles. The molecule has 5 aliphatic rings. The molecule has 0 spiro atoms. The molecule has 3 fully saturated rings. The number of sulfone groups is 1. The lowest BCUT2D eigenvalue weighted by Crippen LogP contribution is -2.49. The van der Waals surface area contributed by atoms with Crippen molar-refractivity contribution < 1.29 is 18.3 Å². The van der Waals surface area contributed by atoms with Gasteiger partial charge in [0.2, 0.25) is 0 Å². The van der Waals surface area contributed by atoms with E-state index in [-0.39, 0.29) is 6.04 Å². The minimum absolute atomic E-state index is 0.126. The molecule has 0 radical (unpaired) electrons. The zero-order chi connectivity index (χ0) is 20.6. The van der Waals surface area contributed by atoms with Crippen molar-refractivity contribution in [1.29, 1.82) is 0 Å². The number of hydrogen-bond acceptors (Lipinski definition) is 6. The first-order valence-electron chi connectivity index (χ1n) is 11.4. The molecule has 0 aromatic rings. The highest BCUT2D eigenvalue weighted by Gasteiger charge is 2.50. The maximum absolute atomic E-state index is 11.6. The third-order valence-electron chi connectivity index (χ3n) is 7.92. The fourth-order valence-corrected chi connectivity index (χ4v) is 7.53. The van der Waals surface area contributed by atoms with Gasteiger partial charge < -0.3 is 20.1 Å². The lowest BCUT2D eigenvalue weighted by molar-refractivity contribution is -0.0268. The minimum Gasteiger partial charge on any atom is -0.389 e. The average molecular weight is 427 g/mol. The Balaban J connectivity index is 1.11. The molecule has 0 aromatic heterocycles. The molecule has 0 aromatic carbocycles. The highest BCUT2D eigenvalue weighted by Crippen LogP contribution is 2.59. The third-order valence-corrected chi connectivity index (χ3v) is 9.69. The second-order valence-corrected chi connectivity index (χ2v) is 12.6. The number of nitrogens with one attached hydrogen (secondary N) is 1. The van der Waals surface area contributed by atoms with E-state index in [1.165, 1.54) is 18.4 Å². The molecule has 2 saturated heterocycles. The molecule has 0 amide bonds. The van der Waals surface area contributed by atoms with Gasteiger partial charge in [-0.1, -0.05) is 19.9 Å². The van der Waals surface area contributed by atoms with Crippen LogP contribution in [0.1, 0.15) is 46.0 Å². The van der Waals surface area contributed by atoms with E-state index in [1.807, 2.05) is 0 Å². The number of ether oxygens (including phenoxy) is 1. The Morgan fingerprint density at radius 1 is 1.28 bits per heavy atom. The predicted octanol–water partition coefficient (Wildman–Crippen LogP) is 1.60. The highest BCUT2D eigenvalue weighted by atomic mass is 32.2. The molecule has 5 rings (SSSR count). The largest absolute Gasteiger partial charge is 0.389 e. The van der Waals surface area contributed by atoms with Crippen molar-refractivity contribution in [1.82, 2.24) is 10.2 Å². The van der Waals surface area contributed by atoms with Crippen LogP contribution in [0, 0.1) is 17.3 Å². The number of hydrogen-bond donors (Lipinski definition) is 2. The van der Waals surface area contributed by atoms with Crippen LogP contribution in [-0.4, -0.2) is 81.0 Å². The monoisotopic (exact) mass is 426 g/mol. The summed E-state index contributed by atoms with van der Waals surface area (Å²) in [5.74, 6) is 2.13. The van der Waals surface area contributed by atoms with Gasteiger partial charge in [0.05, 0.1) is 30.8 Å². The van der Waals surface area contributed by atoms with Gasteiger partial charge in [0.15, 0.2) is 9.84 Å². The van der Waals surface area contributed by atoms with Crippen LogP contribution in [0.2, 0.25) is 0 Å². The fraction of sp³-hybridized carbons (Fsp3) is 0.909. The number of rotatable bonds is 8. The Morgan fingerprint density at radius 2 is 2.03 bits per heavy atom. The molecular formula is C22H38N2O4S. The topological polar surface area (TPSA) is 78.9 Å². The molecule has 2 N–H and O–H groups in total. The molecule has 2 bridgehead atoms. The van der Waals surface area contributed by atoms with Crippen molar-refractivity contribution in [3.63, 3.8) is 0 Å². The first-order chi connectivity index (χ1) is 13.7. The smallest absolute Gasteiger partial charge is 0.151 e. The van der Waals surface area contributed by atoms with Crippen LogP contribution in [-0.2, 0) is 14.6 Å². The standard InChI is InChI=1S/C22H38N2O4S/c1-22(2)17-4-3-16(21(22)11-17)13-28-14-20(25)12-24-8-5-18(6-9-24)23-19-7-10-29(26,27)15-19/h3,17-21,23,25H,4-15H2,1-2H3/t17-,19-,20-,21+/m0/s1. The summed E-state index contributed by atoms with van der Waals surface area (Å²) in [6.07, 6.45) is 7.16. The van der Waals surface area contributed by atoms with Crippen molar-refractivity contribution in [2.24, 2.45) is 17.3 Å². The van der Waals surface area contributed by atoms with E-state index in [0.717, 1.165) is 38.3 Å². The Bertz CT molecular complexity index is 712. The summed E-state index contributed by atoms with van der Waals surface area (Å²) in [6, 6.07) is 0.520. The Morgan fingerprint density at radius 3 is 2.66 bits per heavy atom. The minimum atomic E-state index is -2.82. The second-order valence-electron chi connectivity index (χ2n) is 10.3. The molecule has 166 valence electrons. The second kappa shape index (κ2) is 8.58. The summed E-state index contributed by atoms with van der Waals surface area (Å²) in [5.41, 5.74) is 1.86.